The Kier molecular flexibility index (Phi) is 4.27. The molecule has 8 heteroatoms. The van der Waals surface area contributed by atoms with Gasteiger partial charge in [0.15, 0.2) is 0 Å². The summed E-state index contributed by atoms with van der Waals surface area (Å²) >= 11 is 0. The third kappa shape index (κ3) is 3.41. The Morgan fingerprint density at radius 3 is 2.71 bits per heavy atom. The SMILES string of the molecule is COc1ccc(CNc2cc(F)cc(F)c2[N+](=O)[O-])cn1. The number of anilines is 1. The van der Waals surface area contributed by atoms with Crippen molar-refractivity contribution in [1.82, 2.24) is 4.98 Å². The number of nitrogens with one attached hydrogen (secondary N) is 1. The van der Waals surface area contributed by atoms with Gasteiger partial charge in [0.05, 0.1) is 12.0 Å². The van der Waals surface area contributed by atoms with Crippen molar-refractivity contribution in [1.29, 1.82) is 0 Å². The van der Waals surface area contributed by atoms with Crippen LogP contribution in [0.15, 0.2) is 30.5 Å². The normalized spacial score (nSPS) is 10.2. The Morgan fingerprint density at radius 1 is 1.38 bits per heavy atom. The lowest BCUT2D eigenvalue weighted by Crippen LogP contribution is -2.05. The molecule has 6 nitrogen and oxygen atoms in total. The summed E-state index contributed by atoms with van der Waals surface area (Å²) in [6.07, 6.45) is 1.49. The molecule has 0 aliphatic carbocycles. The van der Waals surface area contributed by atoms with E-state index in [4.69, 9.17) is 4.74 Å². The molecule has 0 amide bonds. The highest BCUT2D eigenvalue weighted by Gasteiger charge is 2.21. The summed E-state index contributed by atoms with van der Waals surface area (Å²) in [6.45, 7) is 0.126. The Balaban J connectivity index is 2.20. The number of nitro groups is 1. The van der Waals surface area contributed by atoms with Crippen LogP contribution in [0.3, 0.4) is 0 Å². The van der Waals surface area contributed by atoms with E-state index in [1.54, 1.807) is 12.1 Å². The van der Waals surface area contributed by atoms with E-state index in [0.29, 0.717) is 17.5 Å². The van der Waals surface area contributed by atoms with Crippen LogP contribution < -0.4 is 10.1 Å². The second-order valence-corrected chi connectivity index (χ2v) is 4.10. The van der Waals surface area contributed by atoms with Gasteiger partial charge in [0.2, 0.25) is 11.7 Å². The van der Waals surface area contributed by atoms with E-state index in [-0.39, 0.29) is 12.2 Å². The van der Waals surface area contributed by atoms with Gasteiger partial charge in [0.25, 0.3) is 0 Å². The predicted octanol–water partition coefficient (Wildman–Crippen LogP) is 2.89. The fourth-order valence-corrected chi connectivity index (χ4v) is 1.72. The Morgan fingerprint density at radius 2 is 2.14 bits per heavy atom. The van der Waals surface area contributed by atoms with Crippen LogP contribution in [0.2, 0.25) is 0 Å². The zero-order valence-corrected chi connectivity index (χ0v) is 11.0. The number of halogens is 2. The zero-order valence-electron chi connectivity index (χ0n) is 11.0. The van der Waals surface area contributed by atoms with Gasteiger partial charge in [-0.25, -0.2) is 9.37 Å². The minimum absolute atomic E-state index is 0.126. The summed E-state index contributed by atoms with van der Waals surface area (Å²) < 4.78 is 31.5. The molecule has 1 heterocycles. The van der Waals surface area contributed by atoms with Crippen molar-refractivity contribution in [3.63, 3.8) is 0 Å². The number of methoxy groups -OCH3 is 1. The second kappa shape index (κ2) is 6.12. The summed E-state index contributed by atoms with van der Waals surface area (Å²) in [5.74, 6) is -1.70. The third-order valence-corrected chi connectivity index (χ3v) is 2.70. The monoisotopic (exact) mass is 295 g/mol. The topological polar surface area (TPSA) is 77.3 Å². The number of pyridine rings is 1. The molecule has 0 aliphatic rings. The van der Waals surface area contributed by atoms with Gasteiger partial charge in [-0.1, -0.05) is 6.07 Å². The molecule has 110 valence electrons. The fraction of sp³-hybridized carbons (Fsp3) is 0.154. The van der Waals surface area contributed by atoms with Crippen LogP contribution in [0.25, 0.3) is 0 Å². The average molecular weight is 295 g/mol. The lowest BCUT2D eigenvalue weighted by molar-refractivity contribution is -0.386. The van der Waals surface area contributed by atoms with Crippen LogP contribution in [0.4, 0.5) is 20.2 Å². The van der Waals surface area contributed by atoms with Gasteiger partial charge in [0.1, 0.15) is 11.5 Å². The van der Waals surface area contributed by atoms with E-state index in [0.717, 1.165) is 6.07 Å². The summed E-state index contributed by atoms with van der Waals surface area (Å²) in [5.41, 5.74) is -0.346. The molecule has 21 heavy (non-hydrogen) atoms. The van der Waals surface area contributed by atoms with Crippen LogP contribution in [0, 0.1) is 21.7 Å². The van der Waals surface area contributed by atoms with Crippen LogP contribution in [0.5, 0.6) is 5.88 Å². The highest BCUT2D eigenvalue weighted by molar-refractivity contribution is 5.62. The lowest BCUT2D eigenvalue weighted by atomic mass is 10.2. The molecule has 0 unspecified atom stereocenters. The number of nitrogens with zero attached hydrogens (tertiary/aromatic N) is 2. The molecular weight excluding hydrogens is 284 g/mol. The molecule has 2 rings (SSSR count). The summed E-state index contributed by atoms with van der Waals surface area (Å²) in [7, 11) is 1.47. The lowest BCUT2D eigenvalue weighted by Gasteiger charge is -2.08. The maximum Gasteiger partial charge on any atom is 0.327 e. The average Bonchev–Trinajstić information content (AvgIpc) is 2.44. The predicted molar refractivity (Wildman–Crippen MR) is 71.1 cm³/mol. The zero-order chi connectivity index (χ0) is 15.4. The number of hydrogen-bond donors (Lipinski definition) is 1. The maximum absolute atomic E-state index is 13.4. The van der Waals surface area contributed by atoms with Crippen molar-refractivity contribution in [3.05, 3.63) is 57.8 Å². The van der Waals surface area contributed by atoms with Crippen molar-refractivity contribution in [2.75, 3.05) is 12.4 Å². The molecule has 0 radical (unpaired) electrons. The quantitative estimate of drug-likeness (QED) is 0.678. The van der Waals surface area contributed by atoms with E-state index >= 15 is 0 Å². The number of benzene rings is 1. The van der Waals surface area contributed by atoms with Crippen molar-refractivity contribution in [3.8, 4) is 5.88 Å². The first-order valence-corrected chi connectivity index (χ1v) is 5.87. The largest absolute Gasteiger partial charge is 0.481 e. The van der Waals surface area contributed by atoms with E-state index in [1.807, 2.05) is 0 Å². The Labute approximate surface area is 118 Å². The molecule has 0 fully saturated rings. The minimum atomic E-state index is -1.23. The third-order valence-electron chi connectivity index (χ3n) is 2.70. The van der Waals surface area contributed by atoms with Gasteiger partial charge in [-0.2, -0.15) is 4.39 Å². The highest BCUT2D eigenvalue weighted by atomic mass is 19.1. The molecule has 0 aliphatic heterocycles. The first-order chi connectivity index (χ1) is 10.0. The second-order valence-electron chi connectivity index (χ2n) is 4.10. The van der Waals surface area contributed by atoms with Gasteiger partial charge in [0, 0.05) is 30.9 Å². The van der Waals surface area contributed by atoms with Gasteiger partial charge < -0.3 is 10.1 Å². The fourth-order valence-electron chi connectivity index (χ4n) is 1.72. The Hall–Kier alpha value is -2.77. The van der Waals surface area contributed by atoms with Crippen LogP contribution in [-0.2, 0) is 6.54 Å². The molecule has 0 spiro atoms. The van der Waals surface area contributed by atoms with Gasteiger partial charge in [-0.15, -0.1) is 0 Å². The summed E-state index contributed by atoms with van der Waals surface area (Å²) in [5, 5.41) is 13.5. The van der Waals surface area contributed by atoms with Crippen LogP contribution >= 0.6 is 0 Å². The molecule has 1 aromatic carbocycles. The van der Waals surface area contributed by atoms with Crippen molar-refractivity contribution in [2.45, 2.75) is 6.54 Å². The number of ether oxygens (including phenoxy) is 1. The molecular formula is C13H11F2N3O3. The highest BCUT2D eigenvalue weighted by Crippen LogP contribution is 2.29. The number of rotatable bonds is 5. The minimum Gasteiger partial charge on any atom is -0.481 e. The molecule has 0 saturated heterocycles. The molecule has 1 N–H and O–H groups in total. The maximum atomic E-state index is 13.4. The molecule has 0 atom stereocenters. The molecule has 2 aromatic rings. The molecule has 0 saturated carbocycles. The first-order valence-electron chi connectivity index (χ1n) is 5.87. The van der Waals surface area contributed by atoms with Crippen molar-refractivity contribution < 1.29 is 18.4 Å². The smallest absolute Gasteiger partial charge is 0.327 e. The molecule has 1 aromatic heterocycles. The van der Waals surface area contributed by atoms with Crippen LogP contribution in [-0.4, -0.2) is 17.0 Å². The Bertz CT molecular complexity index is 662. The number of hydrogen-bond acceptors (Lipinski definition) is 5. The van der Waals surface area contributed by atoms with Gasteiger partial charge in [-0.3, -0.25) is 10.1 Å². The van der Waals surface area contributed by atoms with E-state index in [9.17, 15) is 18.9 Å². The first kappa shape index (κ1) is 14.6. The van der Waals surface area contributed by atoms with E-state index < -0.39 is 22.2 Å². The molecule has 0 bridgehead atoms. The van der Waals surface area contributed by atoms with E-state index in [1.165, 1.54) is 13.3 Å². The van der Waals surface area contributed by atoms with Crippen molar-refractivity contribution in [2.24, 2.45) is 0 Å². The summed E-state index contributed by atoms with van der Waals surface area (Å²) in [4.78, 5) is 13.9. The number of aromatic nitrogens is 1. The number of nitro benzene ring substituents is 1. The van der Waals surface area contributed by atoms with Crippen LogP contribution in [0.1, 0.15) is 5.56 Å². The van der Waals surface area contributed by atoms with E-state index in [2.05, 4.69) is 10.3 Å². The van der Waals surface area contributed by atoms with Gasteiger partial charge in [-0.05, 0) is 5.56 Å². The van der Waals surface area contributed by atoms with Crippen molar-refractivity contribution >= 4 is 11.4 Å². The standard InChI is InChI=1S/C13H11F2N3O3/c1-21-12-3-2-8(7-17-12)6-16-11-5-9(14)4-10(15)13(11)18(19)20/h2-5,7,16H,6H2,1H3. The summed E-state index contributed by atoms with van der Waals surface area (Å²) in [6, 6.07) is 4.63. The van der Waals surface area contributed by atoms with Gasteiger partial charge >= 0.3 is 5.69 Å².